The highest BCUT2D eigenvalue weighted by Crippen LogP contribution is 2.22. The van der Waals surface area contributed by atoms with Gasteiger partial charge in [-0.2, -0.15) is 0 Å². The summed E-state index contributed by atoms with van der Waals surface area (Å²) in [5.74, 6) is 0.699. The van der Waals surface area contributed by atoms with Gasteiger partial charge >= 0.3 is 0 Å². The van der Waals surface area contributed by atoms with Gasteiger partial charge < -0.3 is 9.72 Å². The third-order valence-electron chi connectivity index (χ3n) is 5.73. The minimum Gasteiger partial charge on any atom is -0.377 e. The number of hydrogen-bond acceptors (Lipinski definition) is 4. The average molecular weight is 367 g/mol. The van der Waals surface area contributed by atoms with Crippen LogP contribution in [-0.4, -0.2) is 40.7 Å². The summed E-state index contributed by atoms with van der Waals surface area (Å²) in [5, 5.41) is 0. The van der Waals surface area contributed by atoms with E-state index < -0.39 is 0 Å². The van der Waals surface area contributed by atoms with Crippen molar-refractivity contribution in [3.63, 3.8) is 0 Å². The van der Waals surface area contributed by atoms with Crippen LogP contribution in [0.25, 0.3) is 11.4 Å². The van der Waals surface area contributed by atoms with E-state index in [4.69, 9.17) is 9.72 Å². The van der Waals surface area contributed by atoms with Gasteiger partial charge in [-0.05, 0) is 56.7 Å². The SMILES string of the molecule is CCN(Cc1cccc(-c2nc3c(c(=O)[nH]2)CCCC3)c1)CC1CCCO1. The number of ether oxygens (including phenoxy) is 1. The lowest BCUT2D eigenvalue weighted by molar-refractivity contribution is 0.0725. The number of aromatic nitrogens is 2. The van der Waals surface area contributed by atoms with Crippen LogP contribution in [0.15, 0.2) is 29.1 Å². The lowest BCUT2D eigenvalue weighted by Gasteiger charge is -2.24. The average Bonchev–Trinajstić information content (AvgIpc) is 3.21. The molecular formula is C22H29N3O2. The summed E-state index contributed by atoms with van der Waals surface area (Å²) in [5.41, 5.74) is 4.14. The predicted molar refractivity (Wildman–Crippen MR) is 107 cm³/mol. The second kappa shape index (κ2) is 8.36. The summed E-state index contributed by atoms with van der Waals surface area (Å²) in [6.45, 7) is 5.96. The number of fused-ring (bicyclic) bond motifs is 1. The number of hydrogen-bond donors (Lipinski definition) is 1. The topological polar surface area (TPSA) is 58.2 Å². The summed E-state index contributed by atoms with van der Waals surface area (Å²) < 4.78 is 5.79. The van der Waals surface area contributed by atoms with Crippen LogP contribution >= 0.6 is 0 Å². The van der Waals surface area contributed by atoms with E-state index in [0.717, 1.165) is 75.2 Å². The number of likely N-dealkylation sites (N-methyl/N-ethyl adjacent to an activating group) is 1. The Labute approximate surface area is 160 Å². The molecule has 2 aliphatic rings. The fourth-order valence-electron chi connectivity index (χ4n) is 4.20. The fraction of sp³-hybridized carbons (Fsp3) is 0.545. The van der Waals surface area contributed by atoms with Crippen LogP contribution in [-0.2, 0) is 24.1 Å². The third-order valence-corrected chi connectivity index (χ3v) is 5.73. The molecule has 1 aromatic carbocycles. The van der Waals surface area contributed by atoms with Crippen LogP contribution in [0.2, 0.25) is 0 Å². The molecule has 1 atom stereocenters. The van der Waals surface area contributed by atoms with Gasteiger partial charge in [-0.1, -0.05) is 25.1 Å². The van der Waals surface area contributed by atoms with E-state index in [1.54, 1.807) is 0 Å². The zero-order valence-corrected chi connectivity index (χ0v) is 16.2. The van der Waals surface area contributed by atoms with E-state index in [1.807, 2.05) is 6.07 Å². The molecule has 1 N–H and O–H groups in total. The number of aromatic amines is 1. The Bertz CT molecular complexity index is 840. The molecule has 2 heterocycles. The first-order chi connectivity index (χ1) is 13.2. The molecule has 144 valence electrons. The maximum Gasteiger partial charge on any atom is 0.254 e. The predicted octanol–water partition coefficient (Wildman–Crippen LogP) is 3.32. The Morgan fingerprint density at radius 1 is 1.26 bits per heavy atom. The van der Waals surface area contributed by atoms with Crippen LogP contribution < -0.4 is 5.56 Å². The molecule has 0 amide bonds. The highest BCUT2D eigenvalue weighted by Gasteiger charge is 2.19. The molecule has 5 heteroatoms. The van der Waals surface area contributed by atoms with Crippen LogP contribution in [0.5, 0.6) is 0 Å². The van der Waals surface area contributed by atoms with Gasteiger partial charge in [0.05, 0.1) is 11.8 Å². The van der Waals surface area contributed by atoms with Crippen LogP contribution in [0, 0.1) is 0 Å². The van der Waals surface area contributed by atoms with E-state index in [0.29, 0.717) is 11.9 Å². The highest BCUT2D eigenvalue weighted by atomic mass is 16.5. The molecule has 27 heavy (non-hydrogen) atoms. The van der Waals surface area contributed by atoms with E-state index in [-0.39, 0.29) is 5.56 Å². The zero-order chi connectivity index (χ0) is 18.6. The standard InChI is InChI=1S/C22H29N3O2/c1-2-25(15-18-9-6-12-27-18)14-16-7-5-8-17(13-16)21-23-20-11-4-3-10-19(20)22(26)24-21/h5,7-8,13,18H,2-4,6,9-12,14-15H2,1H3,(H,23,24,26). The summed E-state index contributed by atoms with van der Waals surface area (Å²) in [6.07, 6.45) is 6.68. The van der Waals surface area contributed by atoms with Crippen molar-refractivity contribution in [2.45, 2.75) is 58.1 Å². The van der Waals surface area contributed by atoms with Gasteiger partial charge in [0.25, 0.3) is 5.56 Å². The van der Waals surface area contributed by atoms with E-state index >= 15 is 0 Å². The second-order valence-corrected chi connectivity index (χ2v) is 7.71. The molecule has 0 saturated carbocycles. The summed E-state index contributed by atoms with van der Waals surface area (Å²) >= 11 is 0. The molecule has 1 aromatic heterocycles. The molecule has 0 spiro atoms. The number of nitrogens with zero attached hydrogens (tertiary/aromatic N) is 2. The Kier molecular flexibility index (Phi) is 5.69. The van der Waals surface area contributed by atoms with Crippen molar-refractivity contribution in [2.24, 2.45) is 0 Å². The third kappa shape index (κ3) is 4.30. The van der Waals surface area contributed by atoms with Crippen molar-refractivity contribution < 1.29 is 4.74 Å². The molecule has 1 saturated heterocycles. The van der Waals surface area contributed by atoms with Gasteiger partial charge in [-0.3, -0.25) is 9.69 Å². The maximum absolute atomic E-state index is 12.4. The number of nitrogens with one attached hydrogen (secondary N) is 1. The quantitative estimate of drug-likeness (QED) is 0.851. The van der Waals surface area contributed by atoms with Crippen LogP contribution in [0.3, 0.4) is 0 Å². The Hall–Kier alpha value is -1.98. The zero-order valence-electron chi connectivity index (χ0n) is 16.2. The van der Waals surface area contributed by atoms with E-state index in [2.05, 4.69) is 35.0 Å². The number of H-pyrrole nitrogens is 1. The van der Waals surface area contributed by atoms with E-state index in [1.165, 1.54) is 12.0 Å². The van der Waals surface area contributed by atoms with Crippen LogP contribution in [0.4, 0.5) is 0 Å². The lowest BCUT2D eigenvalue weighted by atomic mass is 9.97. The number of aryl methyl sites for hydroxylation is 1. The summed E-state index contributed by atoms with van der Waals surface area (Å²) in [4.78, 5) is 22.7. The monoisotopic (exact) mass is 367 g/mol. The Balaban J connectivity index is 1.53. The fourth-order valence-corrected chi connectivity index (χ4v) is 4.20. The minimum atomic E-state index is 0.0358. The van der Waals surface area contributed by atoms with Gasteiger partial charge in [0.1, 0.15) is 5.82 Å². The van der Waals surface area contributed by atoms with Gasteiger partial charge in [0.2, 0.25) is 0 Å². The number of benzene rings is 1. The lowest BCUT2D eigenvalue weighted by Crippen LogP contribution is -2.31. The summed E-state index contributed by atoms with van der Waals surface area (Å²) in [6, 6.07) is 8.40. The first kappa shape index (κ1) is 18.4. The first-order valence-corrected chi connectivity index (χ1v) is 10.3. The largest absolute Gasteiger partial charge is 0.377 e. The highest BCUT2D eigenvalue weighted by molar-refractivity contribution is 5.56. The van der Waals surface area contributed by atoms with Gasteiger partial charge in [-0.25, -0.2) is 4.98 Å². The molecule has 4 rings (SSSR count). The Morgan fingerprint density at radius 2 is 2.15 bits per heavy atom. The second-order valence-electron chi connectivity index (χ2n) is 7.71. The van der Waals surface area contributed by atoms with Gasteiger partial charge in [0, 0.05) is 30.8 Å². The molecule has 1 aliphatic heterocycles. The minimum absolute atomic E-state index is 0.0358. The van der Waals surface area contributed by atoms with Crippen molar-refractivity contribution in [1.82, 2.24) is 14.9 Å². The van der Waals surface area contributed by atoms with Crippen molar-refractivity contribution in [3.05, 3.63) is 51.4 Å². The van der Waals surface area contributed by atoms with Crippen molar-refractivity contribution >= 4 is 0 Å². The van der Waals surface area contributed by atoms with Crippen molar-refractivity contribution in [3.8, 4) is 11.4 Å². The molecule has 1 unspecified atom stereocenters. The molecule has 5 nitrogen and oxygen atoms in total. The summed E-state index contributed by atoms with van der Waals surface area (Å²) in [7, 11) is 0. The van der Waals surface area contributed by atoms with Crippen LogP contribution in [0.1, 0.15) is 49.4 Å². The molecule has 0 bridgehead atoms. The van der Waals surface area contributed by atoms with Crippen molar-refractivity contribution in [1.29, 1.82) is 0 Å². The first-order valence-electron chi connectivity index (χ1n) is 10.3. The van der Waals surface area contributed by atoms with E-state index in [9.17, 15) is 4.79 Å². The molecule has 1 fully saturated rings. The van der Waals surface area contributed by atoms with Crippen molar-refractivity contribution in [2.75, 3.05) is 19.7 Å². The Morgan fingerprint density at radius 3 is 2.96 bits per heavy atom. The molecule has 1 aliphatic carbocycles. The van der Waals surface area contributed by atoms with Gasteiger partial charge in [0.15, 0.2) is 0 Å². The molecule has 0 radical (unpaired) electrons. The smallest absolute Gasteiger partial charge is 0.254 e. The molecule has 2 aromatic rings. The van der Waals surface area contributed by atoms with Gasteiger partial charge in [-0.15, -0.1) is 0 Å². The maximum atomic E-state index is 12.4. The normalized spacial score (nSPS) is 19.4. The molecular weight excluding hydrogens is 338 g/mol. The number of rotatable bonds is 6.